The van der Waals surface area contributed by atoms with Crippen LogP contribution in [0.2, 0.25) is 10.0 Å². The summed E-state index contributed by atoms with van der Waals surface area (Å²) >= 11 is 12.1. The van der Waals surface area contributed by atoms with Crippen LogP contribution >= 0.6 is 23.2 Å². The number of rotatable bonds is 7. The Morgan fingerprint density at radius 2 is 1.67 bits per heavy atom. The van der Waals surface area contributed by atoms with Gasteiger partial charge >= 0.3 is 0 Å². The van der Waals surface area contributed by atoms with Crippen LogP contribution in [0.3, 0.4) is 0 Å². The molecule has 0 saturated heterocycles. The van der Waals surface area contributed by atoms with E-state index in [0.29, 0.717) is 16.6 Å². The van der Waals surface area contributed by atoms with Crippen LogP contribution in [0.4, 0.5) is 0 Å². The molecule has 2 amide bonds. The molecule has 0 aliphatic heterocycles. The second-order valence-corrected chi connectivity index (χ2v) is 7.32. The predicted octanol–water partition coefficient (Wildman–Crippen LogP) is 4.40. The highest BCUT2D eigenvalue weighted by molar-refractivity contribution is 6.42. The van der Waals surface area contributed by atoms with Gasteiger partial charge in [0, 0.05) is 13.1 Å². The number of hydrogen-bond acceptors (Lipinski definition) is 2. The van der Waals surface area contributed by atoms with Gasteiger partial charge in [-0.1, -0.05) is 59.1 Å². The monoisotopic (exact) mass is 406 g/mol. The Morgan fingerprint density at radius 3 is 2.26 bits per heavy atom. The number of amides is 2. The smallest absolute Gasteiger partial charge is 0.242 e. The Morgan fingerprint density at radius 1 is 1.04 bits per heavy atom. The third kappa shape index (κ3) is 5.98. The minimum absolute atomic E-state index is 0.122. The van der Waals surface area contributed by atoms with Crippen LogP contribution in [-0.2, 0) is 22.6 Å². The van der Waals surface area contributed by atoms with Gasteiger partial charge in [-0.15, -0.1) is 0 Å². The predicted molar refractivity (Wildman–Crippen MR) is 110 cm³/mol. The number of carbonyl (C=O) groups is 2. The molecule has 2 aromatic rings. The van der Waals surface area contributed by atoms with Gasteiger partial charge in [0.1, 0.15) is 6.04 Å². The summed E-state index contributed by atoms with van der Waals surface area (Å²) in [6, 6.07) is 12.4. The molecule has 144 valence electrons. The lowest BCUT2D eigenvalue weighted by molar-refractivity contribution is -0.140. The Kier molecular flexibility index (Phi) is 7.69. The third-order valence-corrected chi connectivity index (χ3v) is 5.07. The molecule has 1 atom stereocenters. The van der Waals surface area contributed by atoms with E-state index in [1.807, 2.05) is 44.2 Å². The summed E-state index contributed by atoms with van der Waals surface area (Å²) in [5.74, 6) is -0.307. The Bertz CT molecular complexity index is 806. The molecule has 0 spiro atoms. The van der Waals surface area contributed by atoms with Crippen molar-refractivity contribution < 1.29 is 9.59 Å². The highest BCUT2D eigenvalue weighted by Crippen LogP contribution is 2.24. The first-order valence-corrected chi connectivity index (χ1v) is 9.64. The average Bonchev–Trinajstić information content (AvgIpc) is 2.64. The molecular weight excluding hydrogens is 383 g/mol. The molecule has 2 rings (SSSR count). The van der Waals surface area contributed by atoms with Gasteiger partial charge in [-0.2, -0.15) is 0 Å². The lowest BCUT2D eigenvalue weighted by atomic mass is 10.1. The lowest BCUT2D eigenvalue weighted by Gasteiger charge is -2.29. The number of nitrogens with one attached hydrogen (secondary N) is 1. The first-order chi connectivity index (χ1) is 12.8. The van der Waals surface area contributed by atoms with E-state index in [2.05, 4.69) is 5.32 Å². The standard InChI is InChI=1S/C21H24Cl2N2O2/c1-4-24-21(27)15(3)25(13-17-9-10-18(22)19(23)11-17)20(26)12-16-7-5-14(2)6-8-16/h5-11,15H,4,12-13H2,1-3H3,(H,24,27)/t15-/m0/s1. The lowest BCUT2D eigenvalue weighted by Crippen LogP contribution is -2.48. The number of benzene rings is 2. The summed E-state index contributed by atoms with van der Waals surface area (Å²) in [5, 5.41) is 3.65. The first-order valence-electron chi connectivity index (χ1n) is 8.88. The second kappa shape index (κ2) is 9.77. The van der Waals surface area contributed by atoms with E-state index < -0.39 is 6.04 Å². The average molecular weight is 407 g/mol. The van der Waals surface area contributed by atoms with Gasteiger partial charge in [-0.3, -0.25) is 9.59 Å². The molecular formula is C21H24Cl2N2O2. The quantitative estimate of drug-likeness (QED) is 0.740. The summed E-state index contributed by atoms with van der Waals surface area (Å²) in [7, 11) is 0. The maximum absolute atomic E-state index is 13.0. The fourth-order valence-electron chi connectivity index (χ4n) is 2.72. The molecule has 27 heavy (non-hydrogen) atoms. The van der Waals surface area contributed by atoms with Gasteiger partial charge in [0.2, 0.25) is 11.8 Å². The van der Waals surface area contributed by atoms with E-state index in [9.17, 15) is 9.59 Å². The highest BCUT2D eigenvalue weighted by atomic mass is 35.5. The molecule has 0 unspecified atom stereocenters. The topological polar surface area (TPSA) is 49.4 Å². The Balaban J connectivity index is 2.24. The van der Waals surface area contributed by atoms with Crippen molar-refractivity contribution in [3.8, 4) is 0 Å². The molecule has 0 saturated carbocycles. The summed E-state index contributed by atoms with van der Waals surface area (Å²) in [4.78, 5) is 26.9. The van der Waals surface area contributed by atoms with Crippen molar-refractivity contribution in [2.75, 3.05) is 6.54 Å². The zero-order valence-electron chi connectivity index (χ0n) is 15.8. The highest BCUT2D eigenvalue weighted by Gasteiger charge is 2.26. The minimum atomic E-state index is -0.600. The van der Waals surface area contributed by atoms with Crippen molar-refractivity contribution in [2.24, 2.45) is 0 Å². The molecule has 0 aliphatic carbocycles. The van der Waals surface area contributed by atoms with Gasteiger partial charge in [0.05, 0.1) is 16.5 Å². The zero-order chi connectivity index (χ0) is 20.0. The normalized spacial score (nSPS) is 11.7. The second-order valence-electron chi connectivity index (χ2n) is 6.50. The Labute approximate surface area is 170 Å². The third-order valence-electron chi connectivity index (χ3n) is 4.33. The van der Waals surface area contributed by atoms with Crippen LogP contribution < -0.4 is 5.32 Å². The number of carbonyl (C=O) groups excluding carboxylic acids is 2. The van der Waals surface area contributed by atoms with Crippen LogP contribution in [0.5, 0.6) is 0 Å². The molecule has 0 bridgehead atoms. The number of halogens is 2. The van der Waals surface area contributed by atoms with E-state index in [1.165, 1.54) is 0 Å². The molecule has 2 aromatic carbocycles. The zero-order valence-corrected chi connectivity index (χ0v) is 17.3. The van der Waals surface area contributed by atoms with Crippen molar-refractivity contribution in [3.05, 3.63) is 69.2 Å². The van der Waals surface area contributed by atoms with Crippen LogP contribution in [0.1, 0.15) is 30.5 Å². The van der Waals surface area contributed by atoms with Gasteiger partial charge in [-0.25, -0.2) is 0 Å². The SMILES string of the molecule is CCNC(=O)[C@H](C)N(Cc1ccc(Cl)c(Cl)c1)C(=O)Cc1ccc(C)cc1. The number of aryl methyl sites for hydroxylation is 1. The van der Waals surface area contributed by atoms with E-state index in [1.54, 1.807) is 24.0 Å². The maximum Gasteiger partial charge on any atom is 0.242 e. The summed E-state index contributed by atoms with van der Waals surface area (Å²) in [6.07, 6.45) is 0.228. The summed E-state index contributed by atoms with van der Waals surface area (Å²) < 4.78 is 0. The largest absolute Gasteiger partial charge is 0.355 e. The van der Waals surface area contributed by atoms with Crippen molar-refractivity contribution in [2.45, 2.75) is 39.8 Å². The van der Waals surface area contributed by atoms with Gasteiger partial charge in [0.15, 0.2) is 0 Å². The van der Waals surface area contributed by atoms with Gasteiger partial charge in [0.25, 0.3) is 0 Å². The van der Waals surface area contributed by atoms with E-state index in [4.69, 9.17) is 23.2 Å². The summed E-state index contributed by atoms with van der Waals surface area (Å²) in [5.41, 5.74) is 2.86. The molecule has 1 N–H and O–H groups in total. The van der Waals surface area contributed by atoms with Crippen LogP contribution in [0.25, 0.3) is 0 Å². The van der Waals surface area contributed by atoms with Gasteiger partial charge in [-0.05, 0) is 44.0 Å². The minimum Gasteiger partial charge on any atom is -0.355 e. The molecule has 6 heteroatoms. The number of likely N-dealkylation sites (N-methyl/N-ethyl adjacent to an activating group) is 1. The molecule has 0 aromatic heterocycles. The fourth-order valence-corrected chi connectivity index (χ4v) is 3.04. The molecule has 0 radical (unpaired) electrons. The number of nitrogens with zero attached hydrogens (tertiary/aromatic N) is 1. The first kappa shape index (κ1) is 21.3. The van der Waals surface area contributed by atoms with E-state index in [0.717, 1.165) is 16.7 Å². The Hall–Kier alpha value is -2.04. The van der Waals surface area contributed by atoms with Crippen molar-refractivity contribution >= 4 is 35.0 Å². The molecule has 0 fully saturated rings. The van der Waals surface area contributed by atoms with Crippen molar-refractivity contribution in [1.82, 2.24) is 10.2 Å². The van der Waals surface area contributed by atoms with Crippen molar-refractivity contribution in [1.29, 1.82) is 0 Å². The van der Waals surface area contributed by atoms with Crippen LogP contribution in [-0.4, -0.2) is 29.3 Å². The van der Waals surface area contributed by atoms with Crippen LogP contribution in [0.15, 0.2) is 42.5 Å². The fraction of sp³-hybridized carbons (Fsp3) is 0.333. The molecule has 0 aliphatic rings. The molecule has 0 heterocycles. The van der Waals surface area contributed by atoms with E-state index >= 15 is 0 Å². The van der Waals surface area contributed by atoms with Crippen molar-refractivity contribution in [3.63, 3.8) is 0 Å². The van der Waals surface area contributed by atoms with Gasteiger partial charge < -0.3 is 10.2 Å². The van der Waals surface area contributed by atoms with Crippen LogP contribution in [0, 0.1) is 6.92 Å². The van der Waals surface area contributed by atoms with E-state index in [-0.39, 0.29) is 24.8 Å². The summed E-state index contributed by atoms with van der Waals surface area (Å²) in [6.45, 7) is 6.37. The number of hydrogen-bond donors (Lipinski definition) is 1. The molecule has 4 nitrogen and oxygen atoms in total. The maximum atomic E-state index is 13.0.